The van der Waals surface area contributed by atoms with Crippen LogP contribution >= 0.6 is 0 Å². The van der Waals surface area contributed by atoms with Gasteiger partial charge >= 0.3 is 6.18 Å². The van der Waals surface area contributed by atoms with E-state index < -0.39 is 12.0 Å². The molecule has 3 aromatic rings. The van der Waals surface area contributed by atoms with Gasteiger partial charge in [-0.1, -0.05) is 0 Å². The molecule has 1 aromatic carbocycles. The van der Waals surface area contributed by atoms with Gasteiger partial charge in [0.05, 0.1) is 6.61 Å². The van der Waals surface area contributed by atoms with Crippen LogP contribution in [-0.2, 0) is 6.18 Å². The third kappa shape index (κ3) is 4.38. The van der Waals surface area contributed by atoms with Gasteiger partial charge < -0.3 is 20.2 Å². The first-order chi connectivity index (χ1) is 16.8. The molecule has 0 spiro atoms. The number of hydrogen-bond acceptors (Lipinski definition) is 7. The zero-order valence-corrected chi connectivity index (χ0v) is 19.2. The molecule has 2 aliphatic heterocycles. The number of amides is 1. The van der Waals surface area contributed by atoms with Crippen LogP contribution in [0.3, 0.4) is 0 Å². The zero-order valence-electron chi connectivity index (χ0n) is 19.2. The van der Waals surface area contributed by atoms with Crippen LogP contribution in [0.15, 0.2) is 30.3 Å². The molecule has 5 rings (SSSR count). The molecule has 2 aliphatic rings. The van der Waals surface area contributed by atoms with Crippen molar-refractivity contribution in [2.45, 2.75) is 24.9 Å². The molecule has 1 fully saturated rings. The van der Waals surface area contributed by atoms with E-state index in [9.17, 15) is 18.0 Å². The molecule has 4 heterocycles. The molecule has 2 N–H and O–H groups in total. The summed E-state index contributed by atoms with van der Waals surface area (Å²) < 4.78 is 40.4. The molecule has 9 nitrogen and oxygen atoms in total. The predicted octanol–water partition coefficient (Wildman–Crippen LogP) is 2.63. The lowest BCUT2D eigenvalue weighted by molar-refractivity contribution is -0.146. The number of halogens is 3. The van der Waals surface area contributed by atoms with E-state index in [1.165, 1.54) is 11.0 Å². The lowest BCUT2D eigenvalue weighted by Gasteiger charge is -2.35. The molecule has 186 valence electrons. The maximum atomic E-state index is 13.2. The van der Waals surface area contributed by atoms with Gasteiger partial charge in [-0.3, -0.25) is 4.79 Å². The average Bonchev–Trinajstić information content (AvgIpc) is 3.47. The number of nitrogens with one attached hydrogen (secondary N) is 1. The number of anilines is 2. The molecule has 12 heteroatoms. The minimum absolute atomic E-state index is 0.0552. The van der Waals surface area contributed by atoms with E-state index in [1.54, 1.807) is 19.2 Å². The number of hydrogen-bond donors (Lipinski definition) is 2. The summed E-state index contributed by atoms with van der Waals surface area (Å²) in [7, 11) is 1.67. The fraction of sp³-hybridized carbons (Fsp3) is 0.478. The van der Waals surface area contributed by atoms with Crippen molar-refractivity contribution in [2.75, 3.05) is 50.1 Å². The number of aromatic nitrogens is 4. The summed E-state index contributed by atoms with van der Waals surface area (Å²) in [6.45, 7) is 2.29. The maximum absolute atomic E-state index is 13.2. The van der Waals surface area contributed by atoms with Crippen LogP contribution in [0.4, 0.5) is 24.7 Å². The second kappa shape index (κ2) is 8.99. The minimum Gasteiger partial charge on any atom is -0.395 e. The molecule has 0 saturated carbocycles. The predicted molar refractivity (Wildman–Crippen MR) is 122 cm³/mol. The van der Waals surface area contributed by atoms with Crippen molar-refractivity contribution in [1.29, 1.82) is 0 Å². The van der Waals surface area contributed by atoms with E-state index in [4.69, 9.17) is 5.11 Å². The highest BCUT2D eigenvalue weighted by Crippen LogP contribution is 2.41. The summed E-state index contributed by atoms with van der Waals surface area (Å²) in [5, 5.41) is 23.5. The van der Waals surface area contributed by atoms with Gasteiger partial charge in [-0.2, -0.15) is 17.7 Å². The van der Waals surface area contributed by atoms with Crippen molar-refractivity contribution in [3.8, 4) is 0 Å². The Labute approximate surface area is 199 Å². The number of carbonyl (C=O) groups excluding carboxylic acids is 1. The number of nitrogens with zero attached hydrogens (tertiary/aromatic N) is 6. The normalized spacial score (nSPS) is 18.5. The Morgan fingerprint density at radius 3 is 2.69 bits per heavy atom. The van der Waals surface area contributed by atoms with Crippen LogP contribution in [0.2, 0.25) is 0 Å². The third-order valence-electron chi connectivity index (χ3n) is 6.93. The molecular weight excluding hydrogens is 463 g/mol. The largest absolute Gasteiger partial charge is 0.453 e. The van der Waals surface area contributed by atoms with Crippen molar-refractivity contribution in [1.82, 2.24) is 24.7 Å². The van der Waals surface area contributed by atoms with E-state index >= 15 is 0 Å². The van der Waals surface area contributed by atoms with Gasteiger partial charge in [0.25, 0.3) is 11.7 Å². The Morgan fingerprint density at radius 2 is 1.97 bits per heavy atom. The highest BCUT2D eigenvalue weighted by Gasteiger charge is 2.38. The fourth-order valence-corrected chi connectivity index (χ4v) is 5.04. The molecule has 1 amide bonds. The summed E-state index contributed by atoms with van der Waals surface area (Å²) >= 11 is 0. The topological polar surface area (TPSA) is 98.9 Å². The second-order valence-electron chi connectivity index (χ2n) is 9.05. The molecule has 1 atom stereocenters. The summed E-state index contributed by atoms with van der Waals surface area (Å²) in [4.78, 5) is 16.2. The average molecular weight is 490 g/mol. The number of benzene rings is 1. The summed E-state index contributed by atoms with van der Waals surface area (Å²) in [6.07, 6.45) is -2.93. The number of alkyl halides is 3. The Morgan fingerprint density at radius 1 is 1.20 bits per heavy atom. The molecule has 0 aliphatic carbocycles. The summed E-state index contributed by atoms with van der Waals surface area (Å²) in [5.41, 5.74) is 2.79. The first-order valence-corrected chi connectivity index (χ1v) is 11.5. The molecule has 0 bridgehead atoms. The number of rotatable bonds is 5. The zero-order chi connectivity index (χ0) is 24.7. The smallest absolute Gasteiger partial charge is 0.395 e. The quantitative estimate of drug-likeness (QED) is 0.569. The van der Waals surface area contributed by atoms with Gasteiger partial charge in [-0.25, -0.2) is 0 Å². The first-order valence-electron chi connectivity index (χ1n) is 11.5. The van der Waals surface area contributed by atoms with Crippen LogP contribution in [0.5, 0.6) is 0 Å². The van der Waals surface area contributed by atoms with Crippen molar-refractivity contribution in [3.63, 3.8) is 0 Å². The first kappa shape index (κ1) is 23.3. The highest BCUT2D eigenvalue weighted by molar-refractivity contribution is 5.95. The number of aliphatic hydroxyl groups is 1. The standard InChI is InChI=1S/C23H26F3N7O2/c1-31(10-11-34)21(35)15-2-3-18-16(12-15)17(13-27-18)14-6-8-32(9-7-14)20-5-4-19-28-29-22(23(24,25)26)33(19)30-20/h2-5,12,14,17,27,34H,6-11,13H2,1H3. The maximum Gasteiger partial charge on any atom is 0.453 e. The molecule has 0 radical (unpaired) electrons. The van der Waals surface area contributed by atoms with Crippen molar-refractivity contribution in [3.05, 3.63) is 47.3 Å². The van der Waals surface area contributed by atoms with Gasteiger partial charge in [0.1, 0.15) is 5.82 Å². The lowest BCUT2D eigenvalue weighted by atomic mass is 9.81. The van der Waals surface area contributed by atoms with E-state index in [0.29, 0.717) is 30.4 Å². The van der Waals surface area contributed by atoms with E-state index in [-0.39, 0.29) is 30.6 Å². The Balaban J connectivity index is 1.30. The lowest BCUT2D eigenvalue weighted by Crippen LogP contribution is -2.36. The molecular formula is C23H26F3N7O2. The van der Waals surface area contributed by atoms with Crippen LogP contribution in [0, 0.1) is 5.92 Å². The van der Waals surface area contributed by atoms with Gasteiger partial charge in [0, 0.05) is 50.4 Å². The number of likely N-dealkylation sites (N-methyl/N-ethyl adjacent to an activating group) is 1. The van der Waals surface area contributed by atoms with Crippen molar-refractivity contribution in [2.24, 2.45) is 5.92 Å². The number of aliphatic hydroxyl groups excluding tert-OH is 1. The molecule has 35 heavy (non-hydrogen) atoms. The number of fused-ring (bicyclic) bond motifs is 2. The van der Waals surface area contributed by atoms with Crippen LogP contribution in [0.25, 0.3) is 5.65 Å². The molecule has 2 aromatic heterocycles. The summed E-state index contributed by atoms with van der Waals surface area (Å²) in [5.74, 6) is -0.187. The fourth-order valence-electron chi connectivity index (χ4n) is 5.04. The highest BCUT2D eigenvalue weighted by atomic mass is 19.4. The van der Waals surface area contributed by atoms with Gasteiger partial charge in [-0.15, -0.1) is 15.3 Å². The second-order valence-corrected chi connectivity index (χ2v) is 9.05. The van der Waals surface area contributed by atoms with Crippen LogP contribution in [0.1, 0.15) is 40.5 Å². The van der Waals surface area contributed by atoms with Crippen molar-refractivity contribution >= 4 is 23.1 Å². The van der Waals surface area contributed by atoms with Crippen LogP contribution < -0.4 is 10.2 Å². The third-order valence-corrected chi connectivity index (χ3v) is 6.93. The van der Waals surface area contributed by atoms with Gasteiger partial charge in [0.15, 0.2) is 5.65 Å². The number of piperidine rings is 1. The van der Waals surface area contributed by atoms with Gasteiger partial charge in [0.2, 0.25) is 0 Å². The SMILES string of the molecule is CN(CCO)C(=O)c1ccc2c(c1)C(C1CCN(c3ccc4nnc(C(F)(F)F)n4n3)CC1)CN2. The van der Waals surface area contributed by atoms with Crippen LogP contribution in [-0.4, -0.2) is 75.6 Å². The van der Waals surface area contributed by atoms with E-state index in [2.05, 4.69) is 20.6 Å². The Kier molecular flexibility index (Phi) is 5.99. The number of carbonyl (C=O) groups is 1. The Bertz CT molecular complexity index is 1240. The minimum atomic E-state index is -4.63. The Hall–Kier alpha value is -3.41. The molecule has 1 saturated heterocycles. The van der Waals surface area contributed by atoms with Gasteiger partial charge in [-0.05, 0) is 54.7 Å². The molecule has 1 unspecified atom stereocenters. The van der Waals surface area contributed by atoms with Crippen molar-refractivity contribution < 1.29 is 23.1 Å². The van der Waals surface area contributed by atoms with E-state index in [0.717, 1.165) is 35.2 Å². The summed E-state index contributed by atoms with van der Waals surface area (Å²) in [6, 6.07) is 8.86. The monoisotopic (exact) mass is 489 g/mol. The van der Waals surface area contributed by atoms with E-state index in [1.807, 2.05) is 17.0 Å².